The number of anilines is 1. The number of fused-ring (bicyclic) bond motifs is 1. The molecule has 6 rings (SSSR count). The summed E-state index contributed by atoms with van der Waals surface area (Å²) in [6.45, 7) is 9.44. The summed E-state index contributed by atoms with van der Waals surface area (Å²) in [6, 6.07) is 30.2. The Balaban J connectivity index is 1.18. The van der Waals surface area contributed by atoms with E-state index in [1.54, 1.807) is 12.0 Å². The Morgan fingerprint density at radius 3 is 2.37 bits per heavy atom. The Morgan fingerprint density at radius 2 is 1.65 bits per heavy atom. The lowest BCUT2D eigenvalue weighted by molar-refractivity contribution is 0.0748. The maximum absolute atomic E-state index is 13.9. The fraction of sp³-hybridized carbons (Fsp3) is 0.341. The predicted octanol–water partition coefficient (Wildman–Crippen LogP) is 5.24. The fourth-order valence-electron chi connectivity index (χ4n) is 7.03. The van der Waals surface area contributed by atoms with Gasteiger partial charge in [-0.15, -0.1) is 0 Å². The molecule has 10 nitrogen and oxygen atoms in total. The van der Waals surface area contributed by atoms with E-state index in [2.05, 4.69) is 45.6 Å². The van der Waals surface area contributed by atoms with Gasteiger partial charge in [-0.3, -0.25) is 15.1 Å². The number of methoxy groups -OCH3 is 1. The Morgan fingerprint density at radius 1 is 0.882 bits per heavy atom. The molecular weight excluding hydrogens is 637 g/mol. The van der Waals surface area contributed by atoms with Crippen LogP contribution in [0.1, 0.15) is 44.9 Å². The average Bonchev–Trinajstić information content (AvgIpc) is 3.50. The highest BCUT2D eigenvalue weighted by molar-refractivity contribution is 5.97. The van der Waals surface area contributed by atoms with Crippen LogP contribution in [0.25, 0.3) is 11.0 Å². The molecule has 1 amide bonds. The smallest absolute Gasteiger partial charge is 0.254 e. The third kappa shape index (κ3) is 8.76. The first-order valence-electron chi connectivity index (χ1n) is 17.9. The van der Waals surface area contributed by atoms with Crippen LogP contribution in [0.3, 0.4) is 0 Å². The van der Waals surface area contributed by atoms with Crippen LogP contribution < -0.4 is 21.1 Å². The summed E-state index contributed by atoms with van der Waals surface area (Å²) in [6.07, 6.45) is 2.56. The third-order valence-electron chi connectivity index (χ3n) is 9.85. The van der Waals surface area contributed by atoms with Crippen LogP contribution in [0.4, 0.5) is 5.69 Å². The first-order valence-corrected chi connectivity index (χ1v) is 17.9. The topological polar surface area (TPSA) is 130 Å². The zero-order valence-corrected chi connectivity index (χ0v) is 29.9. The number of nitrogen functional groups attached to an aromatic ring is 1. The molecule has 0 spiro atoms. The first-order chi connectivity index (χ1) is 24.8. The van der Waals surface area contributed by atoms with E-state index >= 15 is 0 Å². The lowest BCUT2D eigenvalue weighted by Crippen LogP contribution is -2.47. The molecule has 266 valence electrons. The number of aryl methyl sites for hydroxylation is 4. The van der Waals surface area contributed by atoms with Gasteiger partial charge in [0, 0.05) is 75.6 Å². The Kier molecular flexibility index (Phi) is 11.7. The van der Waals surface area contributed by atoms with Crippen LogP contribution in [0.2, 0.25) is 0 Å². The number of amidine groups is 1. The normalized spacial score (nSPS) is 13.4. The van der Waals surface area contributed by atoms with Gasteiger partial charge in [0.25, 0.3) is 5.91 Å². The van der Waals surface area contributed by atoms with E-state index in [0.717, 1.165) is 97.8 Å². The van der Waals surface area contributed by atoms with Crippen LogP contribution in [0, 0.1) is 12.3 Å². The second-order valence-corrected chi connectivity index (χ2v) is 13.3. The van der Waals surface area contributed by atoms with E-state index in [0.29, 0.717) is 25.2 Å². The van der Waals surface area contributed by atoms with Crippen molar-refractivity contribution in [1.82, 2.24) is 19.4 Å². The molecule has 4 aromatic carbocycles. The molecule has 51 heavy (non-hydrogen) atoms. The van der Waals surface area contributed by atoms with Crippen LogP contribution >= 0.6 is 0 Å². The van der Waals surface area contributed by atoms with Gasteiger partial charge in [-0.1, -0.05) is 54.6 Å². The molecule has 1 aromatic heterocycles. The Hall–Kier alpha value is -5.19. The van der Waals surface area contributed by atoms with Gasteiger partial charge < -0.3 is 30.6 Å². The SMILES string of the molecule is COc1cccc(CN(CCN)C(=O)c2ccc3c(c2)nc(CCc2ccc(C(=N)N)cc2)n3CCCN2CCN(c3ccccc3C)CC2)c1. The van der Waals surface area contributed by atoms with Crippen molar-refractivity contribution < 1.29 is 9.53 Å². The second-order valence-electron chi connectivity index (χ2n) is 13.3. The van der Waals surface area contributed by atoms with Crippen molar-refractivity contribution in [3.05, 3.63) is 125 Å². The maximum Gasteiger partial charge on any atom is 0.254 e. The summed E-state index contributed by atoms with van der Waals surface area (Å²) in [7, 11) is 1.64. The first kappa shape index (κ1) is 35.6. The maximum atomic E-state index is 13.9. The van der Waals surface area contributed by atoms with E-state index in [1.165, 1.54) is 11.3 Å². The lowest BCUT2D eigenvalue weighted by atomic mass is 10.1. The number of hydrogen-bond donors (Lipinski definition) is 3. The van der Waals surface area contributed by atoms with Gasteiger partial charge >= 0.3 is 0 Å². The summed E-state index contributed by atoms with van der Waals surface area (Å²) in [5.74, 6) is 1.76. The number of nitrogens with one attached hydrogen (secondary N) is 1. The second kappa shape index (κ2) is 16.7. The molecule has 0 aliphatic carbocycles. The van der Waals surface area contributed by atoms with E-state index in [9.17, 15) is 4.79 Å². The molecule has 1 fully saturated rings. The largest absolute Gasteiger partial charge is 0.497 e. The summed E-state index contributed by atoms with van der Waals surface area (Å²) in [5, 5.41) is 7.72. The minimum Gasteiger partial charge on any atom is -0.497 e. The van der Waals surface area contributed by atoms with Crippen molar-refractivity contribution in [1.29, 1.82) is 5.41 Å². The number of piperazine rings is 1. The zero-order chi connectivity index (χ0) is 35.7. The number of rotatable bonds is 15. The number of benzene rings is 4. The molecule has 0 bridgehead atoms. The predicted molar refractivity (Wildman–Crippen MR) is 206 cm³/mol. The highest BCUT2D eigenvalue weighted by atomic mass is 16.5. The Bertz CT molecular complexity index is 1950. The van der Waals surface area contributed by atoms with Gasteiger partial charge in [0.2, 0.25) is 0 Å². The van der Waals surface area contributed by atoms with Crippen molar-refractivity contribution in [3.63, 3.8) is 0 Å². The van der Waals surface area contributed by atoms with Gasteiger partial charge in [0.1, 0.15) is 17.4 Å². The molecule has 0 saturated carbocycles. The number of hydrogen-bond acceptors (Lipinski definition) is 7. The molecule has 0 unspecified atom stereocenters. The molecule has 0 atom stereocenters. The molecule has 1 aliphatic heterocycles. The van der Waals surface area contributed by atoms with Crippen LogP contribution in [-0.4, -0.2) is 84.0 Å². The standard InChI is InChI=1S/C41H50N8O2/c1-30-7-3-4-10-37(30)47-25-23-46(24-26-47)20-6-21-49-38-17-16-34(41(50)48(22-19-42)29-32-8-5-9-35(27-32)51-2)28-36(38)45-39(49)18-13-31-11-14-33(15-12-31)40(43)44/h3-5,7-12,14-17,27-28H,6,13,18-26,29,42H2,1-2H3,(H3,43,44). The summed E-state index contributed by atoms with van der Waals surface area (Å²) >= 11 is 0. The minimum absolute atomic E-state index is 0.0683. The number of ether oxygens (including phenoxy) is 1. The average molecular weight is 687 g/mol. The van der Waals surface area contributed by atoms with Crippen molar-refractivity contribution in [2.24, 2.45) is 11.5 Å². The number of para-hydroxylation sites is 1. The van der Waals surface area contributed by atoms with Crippen LogP contribution in [-0.2, 0) is 25.9 Å². The molecule has 5 N–H and O–H groups in total. The van der Waals surface area contributed by atoms with Crippen molar-refractivity contribution in [2.45, 2.75) is 39.3 Å². The number of carbonyl (C=O) groups excluding carboxylic acids is 1. The monoisotopic (exact) mass is 686 g/mol. The van der Waals surface area contributed by atoms with E-state index < -0.39 is 0 Å². The Labute approximate surface area is 301 Å². The number of carbonyl (C=O) groups is 1. The van der Waals surface area contributed by atoms with E-state index in [1.807, 2.05) is 66.7 Å². The summed E-state index contributed by atoms with van der Waals surface area (Å²) in [5.41, 5.74) is 19.6. The summed E-state index contributed by atoms with van der Waals surface area (Å²) in [4.78, 5) is 25.8. The van der Waals surface area contributed by atoms with Gasteiger partial charge in [-0.25, -0.2) is 4.98 Å². The van der Waals surface area contributed by atoms with Gasteiger partial charge in [-0.05, 0) is 79.4 Å². The van der Waals surface area contributed by atoms with Gasteiger partial charge in [0.05, 0.1) is 18.1 Å². The molecule has 1 saturated heterocycles. The molecule has 2 heterocycles. The lowest BCUT2D eigenvalue weighted by Gasteiger charge is -2.36. The minimum atomic E-state index is -0.0725. The number of amides is 1. The third-order valence-corrected chi connectivity index (χ3v) is 9.85. The zero-order valence-electron chi connectivity index (χ0n) is 29.9. The number of imidazole rings is 1. The number of aromatic nitrogens is 2. The number of nitrogens with zero attached hydrogens (tertiary/aromatic N) is 5. The quantitative estimate of drug-likeness (QED) is 0.102. The van der Waals surface area contributed by atoms with Gasteiger partial charge in [-0.2, -0.15) is 0 Å². The van der Waals surface area contributed by atoms with Gasteiger partial charge in [0.15, 0.2) is 0 Å². The highest BCUT2D eigenvalue weighted by Gasteiger charge is 2.21. The van der Waals surface area contributed by atoms with Crippen LogP contribution in [0.5, 0.6) is 5.75 Å². The molecule has 0 radical (unpaired) electrons. The molecule has 1 aliphatic rings. The molecular formula is C41H50N8O2. The van der Waals surface area contributed by atoms with Crippen molar-refractivity contribution >= 4 is 28.5 Å². The van der Waals surface area contributed by atoms with Crippen molar-refractivity contribution in [3.8, 4) is 5.75 Å². The molecule has 5 aromatic rings. The highest BCUT2D eigenvalue weighted by Crippen LogP contribution is 2.24. The van der Waals surface area contributed by atoms with E-state index in [4.69, 9.17) is 26.6 Å². The van der Waals surface area contributed by atoms with Crippen molar-refractivity contribution in [2.75, 3.05) is 57.8 Å². The fourth-order valence-corrected chi connectivity index (χ4v) is 7.03. The van der Waals surface area contributed by atoms with Crippen LogP contribution in [0.15, 0.2) is 91.0 Å². The number of nitrogens with two attached hydrogens (primary N) is 2. The molecule has 10 heteroatoms. The summed E-state index contributed by atoms with van der Waals surface area (Å²) < 4.78 is 7.73. The van der Waals surface area contributed by atoms with E-state index in [-0.39, 0.29) is 11.7 Å².